The van der Waals surface area contributed by atoms with Crippen LogP contribution in [0.3, 0.4) is 0 Å². The van der Waals surface area contributed by atoms with E-state index in [2.05, 4.69) is 15.4 Å². The molecule has 1 unspecified atom stereocenters. The standard InChI is InChI=1S/C17H21FN4O3/c1-24-7-5-22-11-12-4-6-25-15(17(12)21-22)10-20-16(23)8-14-3-2-13(18)9-19-14/h2-3,9,11,15H,4-8,10H2,1H3,(H,20,23). The lowest BCUT2D eigenvalue weighted by molar-refractivity contribution is -0.121. The van der Waals surface area contributed by atoms with E-state index in [1.54, 1.807) is 7.11 Å². The third kappa shape index (κ3) is 4.61. The van der Waals surface area contributed by atoms with E-state index in [1.165, 1.54) is 12.1 Å². The van der Waals surface area contributed by atoms with Gasteiger partial charge in [-0.15, -0.1) is 0 Å². The Kier molecular flexibility index (Phi) is 5.72. The quantitative estimate of drug-likeness (QED) is 0.809. The molecule has 0 aromatic carbocycles. The molecule has 0 saturated heterocycles. The second kappa shape index (κ2) is 8.17. The van der Waals surface area contributed by atoms with Gasteiger partial charge in [-0.1, -0.05) is 0 Å². The summed E-state index contributed by atoms with van der Waals surface area (Å²) in [6.07, 6.45) is 3.76. The predicted octanol–water partition coefficient (Wildman–Crippen LogP) is 1.04. The zero-order valence-corrected chi connectivity index (χ0v) is 14.1. The van der Waals surface area contributed by atoms with Crippen molar-refractivity contribution >= 4 is 5.91 Å². The largest absolute Gasteiger partial charge is 0.383 e. The summed E-state index contributed by atoms with van der Waals surface area (Å²) in [7, 11) is 1.65. The lowest BCUT2D eigenvalue weighted by atomic mass is 10.1. The van der Waals surface area contributed by atoms with E-state index in [-0.39, 0.29) is 18.4 Å². The fourth-order valence-electron chi connectivity index (χ4n) is 2.73. The first kappa shape index (κ1) is 17.5. The van der Waals surface area contributed by atoms with Crippen molar-refractivity contribution in [3.05, 3.63) is 47.3 Å². The van der Waals surface area contributed by atoms with Crippen LogP contribution in [0.5, 0.6) is 0 Å². The number of fused-ring (bicyclic) bond motifs is 1. The highest BCUT2D eigenvalue weighted by atomic mass is 19.1. The summed E-state index contributed by atoms with van der Waals surface area (Å²) in [6, 6.07) is 2.79. The zero-order chi connectivity index (χ0) is 17.6. The minimum Gasteiger partial charge on any atom is -0.383 e. The van der Waals surface area contributed by atoms with Crippen molar-refractivity contribution in [2.75, 3.05) is 26.9 Å². The third-order valence-corrected chi connectivity index (χ3v) is 4.00. The Morgan fingerprint density at radius 2 is 2.40 bits per heavy atom. The van der Waals surface area contributed by atoms with Crippen molar-refractivity contribution in [2.45, 2.75) is 25.5 Å². The number of halogens is 1. The number of ether oxygens (including phenoxy) is 2. The van der Waals surface area contributed by atoms with Crippen LogP contribution >= 0.6 is 0 Å². The molecule has 134 valence electrons. The number of carbonyl (C=O) groups excluding carboxylic acids is 1. The van der Waals surface area contributed by atoms with Crippen LogP contribution in [0.15, 0.2) is 24.5 Å². The molecule has 1 aliphatic heterocycles. The number of hydrogen-bond donors (Lipinski definition) is 1. The summed E-state index contributed by atoms with van der Waals surface area (Å²) in [5.41, 5.74) is 2.53. The van der Waals surface area contributed by atoms with Gasteiger partial charge in [-0.2, -0.15) is 5.10 Å². The van der Waals surface area contributed by atoms with Crippen LogP contribution in [0.25, 0.3) is 0 Å². The minimum atomic E-state index is -0.420. The SMILES string of the molecule is COCCn1cc2c(n1)C(CNC(=O)Cc1ccc(F)cn1)OCC2. The molecule has 25 heavy (non-hydrogen) atoms. The molecule has 0 aliphatic carbocycles. The molecular weight excluding hydrogens is 327 g/mol. The number of hydrogen-bond acceptors (Lipinski definition) is 5. The van der Waals surface area contributed by atoms with Gasteiger partial charge < -0.3 is 14.8 Å². The maximum Gasteiger partial charge on any atom is 0.226 e. The van der Waals surface area contributed by atoms with Gasteiger partial charge in [0.25, 0.3) is 0 Å². The molecule has 3 heterocycles. The predicted molar refractivity (Wildman–Crippen MR) is 87.4 cm³/mol. The Balaban J connectivity index is 1.56. The fourth-order valence-corrected chi connectivity index (χ4v) is 2.73. The van der Waals surface area contributed by atoms with E-state index in [9.17, 15) is 9.18 Å². The molecule has 1 aliphatic rings. The second-order valence-electron chi connectivity index (χ2n) is 5.85. The van der Waals surface area contributed by atoms with Crippen LogP contribution in [0, 0.1) is 5.82 Å². The first-order valence-corrected chi connectivity index (χ1v) is 8.19. The Labute approximate surface area is 145 Å². The number of methoxy groups -OCH3 is 1. The average Bonchev–Trinajstić information content (AvgIpc) is 3.03. The highest BCUT2D eigenvalue weighted by Gasteiger charge is 2.25. The number of amides is 1. The number of nitrogens with zero attached hydrogens (tertiary/aromatic N) is 3. The first-order valence-electron chi connectivity index (χ1n) is 8.19. The van der Waals surface area contributed by atoms with Crippen molar-refractivity contribution in [1.82, 2.24) is 20.1 Å². The first-order chi connectivity index (χ1) is 12.2. The Hall–Kier alpha value is -2.32. The number of carbonyl (C=O) groups is 1. The lowest BCUT2D eigenvalue weighted by Gasteiger charge is -2.22. The molecule has 0 spiro atoms. The molecule has 0 saturated carbocycles. The summed E-state index contributed by atoms with van der Waals surface area (Å²) in [4.78, 5) is 15.9. The fraction of sp³-hybridized carbons (Fsp3) is 0.471. The number of aromatic nitrogens is 3. The molecule has 0 fully saturated rings. The summed E-state index contributed by atoms with van der Waals surface area (Å²) < 4.78 is 25.5. The van der Waals surface area contributed by atoms with E-state index in [1.807, 2.05) is 10.9 Å². The molecule has 3 rings (SSSR count). The van der Waals surface area contributed by atoms with Gasteiger partial charge in [-0.05, 0) is 24.1 Å². The highest BCUT2D eigenvalue weighted by Crippen LogP contribution is 2.25. The highest BCUT2D eigenvalue weighted by molar-refractivity contribution is 5.78. The topological polar surface area (TPSA) is 78.3 Å². The van der Waals surface area contributed by atoms with Gasteiger partial charge in [0.15, 0.2) is 0 Å². The van der Waals surface area contributed by atoms with Gasteiger partial charge in [0, 0.05) is 25.5 Å². The molecule has 1 N–H and O–H groups in total. The van der Waals surface area contributed by atoms with E-state index >= 15 is 0 Å². The van der Waals surface area contributed by atoms with Crippen molar-refractivity contribution in [3.8, 4) is 0 Å². The van der Waals surface area contributed by atoms with Crippen LogP contribution in [-0.2, 0) is 33.7 Å². The van der Waals surface area contributed by atoms with Gasteiger partial charge in [0.2, 0.25) is 5.91 Å². The van der Waals surface area contributed by atoms with Gasteiger partial charge in [0.05, 0.1) is 38.1 Å². The Morgan fingerprint density at radius 1 is 1.52 bits per heavy atom. The van der Waals surface area contributed by atoms with Crippen LogP contribution < -0.4 is 5.32 Å². The molecule has 2 aromatic heterocycles. The third-order valence-electron chi connectivity index (χ3n) is 4.00. The number of pyridine rings is 1. The van der Waals surface area contributed by atoms with E-state index < -0.39 is 5.82 Å². The van der Waals surface area contributed by atoms with Gasteiger partial charge in [-0.25, -0.2) is 4.39 Å². The second-order valence-corrected chi connectivity index (χ2v) is 5.85. The molecular formula is C17H21FN4O3. The van der Waals surface area contributed by atoms with Gasteiger partial charge >= 0.3 is 0 Å². The van der Waals surface area contributed by atoms with Gasteiger partial charge in [0.1, 0.15) is 11.9 Å². The maximum atomic E-state index is 12.8. The van der Waals surface area contributed by atoms with Crippen molar-refractivity contribution in [3.63, 3.8) is 0 Å². The average molecular weight is 348 g/mol. The van der Waals surface area contributed by atoms with E-state index in [0.29, 0.717) is 32.0 Å². The van der Waals surface area contributed by atoms with E-state index in [0.717, 1.165) is 23.9 Å². The minimum absolute atomic E-state index is 0.0993. The summed E-state index contributed by atoms with van der Waals surface area (Å²) in [5, 5.41) is 7.38. The van der Waals surface area contributed by atoms with Crippen LogP contribution in [0.4, 0.5) is 4.39 Å². The zero-order valence-electron chi connectivity index (χ0n) is 14.1. The Morgan fingerprint density at radius 3 is 3.16 bits per heavy atom. The van der Waals surface area contributed by atoms with Crippen molar-refractivity contribution < 1.29 is 18.7 Å². The maximum absolute atomic E-state index is 12.8. The molecule has 0 radical (unpaired) electrons. The molecule has 2 aromatic rings. The smallest absolute Gasteiger partial charge is 0.226 e. The summed E-state index contributed by atoms with van der Waals surface area (Å²) >= 11 is 0. The molecule has 1 amide bonds. The van der Waals surface area contributed by atoms with Crippen LogP contribution in [0.1, 0.15) is 23.1 Å². The number of nitrogens with one attached hydrogen (secondary N) is 1. The molecule has 1 atom stereocenters. The van der Waals surface area contributed by atoms with Crippen LogP contribution in [0.2, 0.25) is 0 Å². The molecule has 7 nitrogen and oxygen atoms in total. The van der Waals surface area contributed by atoms with Crippen molar-refractivity contribution in [2.24, 2.45) is 0 Å². The molecule has 8 heteroatoms. The Bertz CT molecular complexity index is 717. The van der Waals surface area contributed by atoms with E-state index in [4.69, 9.17) is 9.47 Å². The number of rotatable bonds is 7. The van der Waals surface area contributed by atoms with Crippen molar-refractivity contribution in [1.29, 1.82) is 0 Å². The van der Waals surface area contributed by atoms with Crippen LogP contribution in [-0.4, -0.2) is 47.5 Å². The summed E-state index contributed by atoms with van der Waals surface area (Å²) in [6.45, 7) is 2.21. The molecule has 0 bridgehead atoms. The lowest BCUT2D eigenvalue weighted by Crippen LogP contribution is -2.33. The monoisotopic (exact) mass is 348 g/mol. The van der Waals surface area contributed by atoms with Gasteiger partial charge in [-0.3, -0.25) is 14.5 Å². The summed E-state index contributed by atoms with van der Waals surface area (Å²) in [5.74, 6) is -0.606. The normalized spacial score (nSPS) is 16.5.